The number of aliphatic hydroxyl groups excluding tert-OH is 1. The number of hydrogen-bond acceptors (Lipinski definition) is 4. The third-order valence-corrected chi connectivity index (χ3v) is 5.28. The van der Waals surface area contributed by atoms with Gasteiger partial charge in [0.05, 0.1) is 22.0 Å². The van der Waals surface area contributed by atoms with Crippen LogP contribution in [0.1, 0.15) is 23.6 Å². The molecule has 0 unspecified atom stereocenters. The predicted octanol–water partition coefficient (Wildman–Crippen LogP) is 2.53. The summed E-state index contributed by atoms with van der Waals surface area (Å²) in [5.41, 5.74) is 2.40. The van der Waals surface area contributed by atoms with E-state index in [0.717, 1.165) is 11.3 Å². The summed E-state index contributed by atoms with van der Waals surface area (Å²) in [5.74, 6) is 0.272. The van der Waals surface area contributed by atoms with Crippen molar-refractivity contribution in [3.63, 3.8) is 0 Å². The van der Waals surface area contributed by atoms with Gasteiger partial charge in [0.25, 0.3) is 0 Å². The zero-order chi connectivity index (χ0) is 18.1. The van der Waals surface area contributed by atoms with Gasteiger partial charge in [-0.05, 0) is 12.0 Å². The highest BCUT2D eigenvalue weighted by Crippen LogP contribution is 2.44. The summed E-state index contributed by atoms with van der Waals surface area (Å²) in [6.45, 7) is 0.313. The number of aryl methyl sites for hydroxylation is 1. The third-order valence-electron chi connectivity index (χ3n) is 4.51. The first kappa shape index (κ1) is 17.9. The number of nitrogens with zero attached hydrogens (tertiary/aromatic N) is 2. The van der Waals surface area contributed by atoms with Gasteiger partial charge in [0.2, 0.25) is 5.91 Å². The fourth-order valence-corrected chi connectivity index (χ4v) is 3.99. The molecule has 6 nitrogen and oxygen atoms in total. The molecule has 1 aromatic carbocycles. The molecule has 1 amide bonds. The number of rotatable bonds is 4. The van der Waals surface area contributed by atoms with Gasteiger partial charge in [-0.2, -0.15) is 5.26 Å². The van der Waals surface area contributed by atoms with Gasteiger partial charge in [-0.25, -0.2) is 0 Å². The summed E-state index contributed by atoms with van der Waals surface area (Å²) in [5, 5.41) is 22.5. The highest BCUT2D eigenvalue weighted by molar-refractivity contribution is 6.45. The maximum atomic E-state index is 12.2. The fourth-order valence-electron chi connectivity index (χ4n) is 3.52. The molecule has 2 aromatic rings. The maximum absolute atomic E-state index is 12.2. The van der Waals surface area contributed by atoms with Crippen LogP contribution in [0, 0.1) is 11.3 Å². The number of aliphatic hydroxyl groups is 1. The second-order valence-electron chi connectivity index (χ2n) is 5.95. The molecule has 2 heterocycles. The third kappa shape index (κ3) is 3.04. The summed E-state index contributed by atoms with van der Waals surface area (Å²) in [7, 11) is 1.86. The van der Waals surface area contributed by atoms with Crippen molar-refractivity contribution in [2.24, 2.45) is 7.05 Å². The molecule has 0 spiro atoms. The van der Waals surface area contributed by atoms with Crippen molar-refractivity contribution >= 4 is 40.0 Å². The van der Waals surface area contributed by atoms with Crippen molar-refractivity contribution in [2.45, 2.75) is 18.8 Å². The molecule has 132 valence electrons. The summed E-state index contributed by atoms with van der Waals surface area (Å²) >= 11 is 12.7. The van der Waals surface area contributed by atoms with Crippen LogP contribution in [0.15, 0.2) is 6.07 Å². The molecule has 25 heavy (non-hydrogen) atoms. The van der Waals surface area contributed by atoms with E-state index in [2.05, 4.69) is 5.32 Å². The van der Waals surface area contributed by atoms with E-state index < -0.39 is 0 Å². The smallest absolute Gasteiger partial charge is 0.224 e. The number of ether oxygens (including phenoxy) is 1. The van der Waals surface area contributed by atoms with Gasteiger partial charge in [-0.15, -0.1) is 0 Å². The van der Waals surface area contributed by atoms with Crippen LogP contribution in [0.2, 0.25) is 10.0 Å². The lowest BCUT2D eigenvalue weighted by Gasteiger charge is -2.16. The fraction of sp³-hybridized carbons (Fsp3) is 0.412. The van der Waals surface area contributed by atoms with Crippen molar-refractivity contribution in [3.8, 4) is 11.8 Å². The molecule has 0 bridgehead atoms. The van der Waals surface area contributed by atoms with Crippen LogP contribution in [0.25, 0.3) is 10.9 Å². The van der Waals surface area contributed by atoms with Gasteiger partial charge in [0.15, 0.2) is 6.61 Å². The standard InChI is InChI=1S/C17H17Cl2N3O3/c1-22-16-9(2-4-23)8-21-13(24)6-10(16)14-12(25-5-3-20)7-11(18)15(19)17(14)22/h7,9,23H,2,4-6,8H2,1H3,(H,21,24)/t9-/m0/s1. The molecule has 1 aromatic heterocycles. The normalized spacial score (nSPS) is 16.9. The molecule has 1 aliphatic rings. The van der Waals surface area contributed by atoms with Crippen molar-refractivity contribution in [1.29, 1.82) is 5.26 Å². The number of halogens is 2. The number of benzene rings is 1. The van der Waals surface area contributed by atoms with E-state index in [-0.39, 0.29) is 31.5 Å². The lowest BCUT2D eigenvalue weighted by Crippen LogP contribution is -2.27. The molecule has 0 fully saturated rings. The van der Waals surface area contributed by atoms with Crippen LogP contribution >= 0.6 is 23.2 Å². The van der Waals surface area contributed by atoms with Crippen LogP contribution < -0.4 is 10.1 Å². The van der Waals surface area contributed by atoms with Crippen LogP contribution in [0.3, 0.4) is 0 Å². The van der Waals surface area contributed by atoms with Gasteiger partial charge in [0.1, 0.15) is 11.8 Å². The Balaban J connectivity index is 2.35. The molecule has 0 saturated heterocycles. The first-order chi connectivity index (χ1) is 12.0. The van der Waals surface area contributed by atoms with E-state index in [1.54, 1.807) is 6.07 Å². The van der Waals surface area contributed by atoms with Crippen molar-refractivity contribution in [3.05, 3.63) is 27.4 Å². The Bertz CT molecular complexity index is 886. The molecule has 3 rings (SSSR count). The van der Waals surface area contributed by atoms with E-state index in [1.165, 1.54) is 0 Å². The van der Waals surface area contributed by atoms with Crippen LogP contribution in [0.5, 0.6) is 5.75 Å². The Kier molecular flexibility index (Phi) is 5.09. The molecule has 0 aliphatic carbocycles. The Morgan fingerprint density at radius 2 is 2.28 bits per heavy atom. The average molecular weight is 382 g/mol. The second kappa shape index (κ2) is 7.12. The van der Waals surface area contributed by atoms with Gasteiger partial charge in [-0.1, -0.05) is 23.2 Å². The lowest BCUT2D eigenvalue weighted by molar-refractivity contribution is -0.120. The Labute approximate surface area is 154 Å². The van der Waals surface area contributed by atoms with Gasteiger partial charge < -0.3 is 19.7 Å². The van der Waals surface area contributed by atoms with Gasteiger partial charge in [-0.3, -0.25) is 4.79 Å². The molecule has 0 saturated carbocycles. The SMILES string of the molecule is Cn1c2c(c3c(OCC#N)cc(Cl)c(Cl)c31)CC(=O)NC[C@@H]2CCO. The number of aromatic nitrogens is 1. The van der Waals surface area contributed by atoms with Gasteiger partial charge in [0, 0.05) is 43.3 Å². The first-order valence-electron chi connectivity index (χ1n) is 7.86. The Morgan fingerprint density at radius 1 is 1.52 bits per heavy atom. The molecular formula is C17H17Cl2N3O3. The van der Waals surface area contributed by atoms with E-state index in [0.29, 0.717) is 39.7 Å². The molecule has 1 aliphatic heterocycles. The quantitative estimate of drug-likeness (QED) is 0.851. The van der Waals surface area contributed by atoms with Crippen LogP contribution in [0.4, 0.5) is 0 Å². The highest BCUT2D eigenvalue weighted by atomic mass is 35.5. The van der Waals surface area contributed by atoms with Crippen molar-refractivity contribution in [2.75, 3.05) is 19.8 Å². The summed E-state index contributed by atoms with van der Waals surface area (Å²) in [4.78, 5) is 12.2. The average Bonchev–Trinajstić information content (AvgIpc) is 2.75. The number of nitriles is 1. The molecule has 0 radical (unpaired) electrons. The Morgan fingerprint density at radius 3 is 2.96 bits per heavy atom. The zero-order valence-corrected chi connectivity index (χ0v) is 15.1. The van der Waals surface area contributed by atoms with Crippen LogP contribution in [-0.4, -0.2) is 35.3 Å². The minimum atomic E-state index is -0.136. The monoisotopic (exact) mass is 381 g/mol. The largest absolute Gasteiger partial charge is 0.478 e. The van der Waals surface area contributed by atoms with Crippen molar-refractivity contribution < 1.29 is 14.6 Å². The first-order valence-corrected chi connectivity index (χ1v) is 8.61. The molecule has 8 heteroatoms. The van der Waals surface area contributed by atoms with Crippen LogP contribution in [-0.2, 0) is 18.3 Å². The van der Waals surface area contributed by atoms with Gasteiger partial charge >= 0.3 is 0 Å². The zero-order valence-electron chi connectivity index (χ0n) is 13.6. The number of amides is 1. The number of fused-ring (bicyclic) bond motifs is 3. The number of hydrogen-bond donors (Lipinski definition) is 2. The van der Waals surface area contributed by atoms with E-state index >= 15 is 0 Å². The summed E-state index contributed by atoms with van der Waals surface area (Å²) < 4.78 is 7.47. The topological polar surface area (TPSA) is 87.3 Å². The summed E-state index contributed by atoms with van der Waals surface area (Å²) in [6, 6.07) is 3.51. The summed E-state index contributed by atoms with van der Waals surface area (Å²) in [6.07, 6.45) is 0.687. The minimum Gasteiger partial charge on any atom is -0.478 e. The number of carbonyl (C=O) groups is 1. The second-order valence-corrected chi connectivity index (χ2v) is 6.74. The number of nitrogens with one attached hydrogen (secondary N) is 1. The van der Waals surface area contributed by atoms with E-state index in [1.807, 2.05) is 17.7 Å². The number of carbonyl (C=O) groups excluding carboxylic acids is 1. The molecule has 1 atom stereocenters. The van der Waals surface area contributed by atoms with Crippen molar-refractivity contribution in [1.82, 2.24) is 9.88 Å². The molecule has 2 N–H and O–H groups in total. The maximum Gasteiger partial charge on any atom is 0.224 e. The van der Waals surface area contributed by atoms with E-state index in [4.69, 9.17) is 33.2 Å². The predicted molar refractivity (Wildman–Crippen MR) is 95.2 cm³/mol. The van der Waals surface area contributed by atoms with E-state index in [9.17, 15) is 9.90 Å². The lowest BCUT2D eigenvalue weighted by atomic mass is 9.97. The minimum absolute atomic E-state index is 0.00772. The Hall–Kier alpha value is -1.94. The highest BCUT2D eigenvalue weighted by Gasteiger charge is 2.30. The molecular weight excluding hydrogens is 365 g/mol.